The van der Waals surface area contributed by atoms with Crippen LogP contribution in [0.5, 0.6) is 0 Å². The van der Waals surface area contributed by atoms with E-state index in [0.29, 0.717) is 31.7 Å². The Labute approximate surface area is 152 Å². The molecule has 1 saturated carbocycles. The van der Waals surface area contributed by atoms with Crippen LogP contribution in [0.25, 0.3) is 11.4 Å². The summed E-state index contributed by atoms with van der Waals surface area (Å²) in [5, 5.41) is 0. The minimum Gasteiger partial charge on any atom is -0.466 e. The maximum atomic E-state index is 13.0. The first-order chi connectivity index (χ1) is 12.4. The maximum absolute atomic E-state index is 13.0. The van der Waals surface area contributed by atoms with Crippen LogP contribution in [0.4, 0.5) is 4.39 Å². The summed E-state index contributed by atoms with van der Waals surface area (Å²) in [7, 11) is 0. The van der Waals surface area contributed by atoms with Gasteiger partial charge >= 0.3 is 5.97 Å². The zero-order valence-electron chi connectivity index (χ0n) is 15.1. The summed E-state index contributed by atoms with van der Waals surface area (Å²) in [4.78, 5) is 20.8. The van der Waals surface area contributed by atoms with Crippen molar-refractivity contribution in [3.05, 3.63) is 48.0 Å². The van der Waals surface area contributed by atoms with Crippen LogP contribution in [-0.4, -0.2) is 28.6 Å². The lowest BCUT2D eigenvalue weighted by Crippen LogP contribution is -2.34. The average molecular weight is 357 g/mol. The molecule has 1 fully saturated rings. The molecule has 1 aliphatic carbocycles. The van der Waals surface area contributed by atoms with E-state index in [0.717, 1.165) is 23.5 Å². The number of ether oxygens (including phenoxy) is 1. The van der Waals surface area contributed by atoms with E-state index >= 15 is 0 Å². The van der Waals surface area contributed by atoms with Crippen molar-refractivity contribution in [3.63, 3.8) is 0 Å². The molecule has 26 heavy (non-hydrogen) atoms. The number of hydrogen-bond donors (Lipinski definition) is 1. The molecule has 0 radical (unpaired) electrons. The first kappa shape index (κ1) is 18.5. The Balaban J connectivity index is 1.89. The van der Waals surface area contributed by atoms with Crippen molar-refractivity contribution < 1.29 is 13.9 Å². The van der Waals surface area contributed by atoms with E-state index < -0.39 is 11.2 Å². The minimum atomic E-state index is -0.600. The quantitative estimate of drug-likeness (QED) is 0.832. The Hall–Kier alpha value is -2.34. The normalized spacial score (nSPS) is 25.2. The summed E-state index contributed by atoms with van der Waals surface area (Å²) in [5.74, 6) is 0.0706. The number of esters is 1. The Kier molecular flexibility index (Phi) is 5.32. The van der Waals surface area contributed by atoms with Gasteiger partial charge < -0.3 is 10.5 Å². The van der Waals surface area contributed by atoms with E-state index in [1.807, 2.05) is 31.2 Å². The second kappa shape index (κ2) is 7.50. The summed E-state index contributed by atoms with van der Waals surface area (Å²) >= 11 is 0. The highest BCUT2D eigenvalue weighted by atomic mass is 19.1. The number of benzene rings is 1. The van der Waals surface area contributed by atoms with Crippen molar-refractivity contribution in [2.24, 2.45) is 17.1 Å². The van der Waals surface area contributed by atoms with Crippen molar-refractivity contribution in [3.8, 4) is 11.4 Å². The monoisotopic (exact) mass is 357 g/mol. The van der Waals surface area contributed by atoms with Crippen LogP contribution in [0, 0.1) is 17.2 Å². The van der Waals surface area contributed by atoms with Crippen LogP contribution in [0.2, 0.25) is 0 Å². The van der Waals surface area contributed by atoms with E-state index in [1.54, 1.807) is 0 Å². The fourth-order valence-corrected chi connectivity index (χ4v) is 3.84. The first-order valence-corrected chi connectivity index (χ1v) is 8.93. The molecular weight excluding hydrogens is 333 g/mol. The second-order valence-corrected chi connectivity index (χ2v) is 7.15. The lowest BCUT2D eigenvalue weighted by atomic mass is 9.79. The van der Waals surface area contributed by atoms with E-state index in [-0.39, 0.29) is 17.9 Å². The van der Waals surface area contributed by atoms with Crippen LogP contribution in [0.3, 0.4) is 0 Å². The van der Waals surface area contributed by atoms with Crippen molar-refractivity contribution in [1.82, 2.24) is 9.97 Å². The molecule has 1 aliphatic rings. The van der Waals surface area contributed by atoms with Gasteiger partial charge in [0, 0.05) is 11.6 Å². The van der Waals surface area contributed by atoms with Gasteiger partial charge in [0.2, 0.25) is 0 Å². The molecule has 0 amide bonds. The van der Waals surface area contributed by atoms with Crippen LogP contribution < -0.4 is 5.73 Å². The van der Waals surface area contributed by atoms with Gasteiger partial charge in [-0.1, -0.05) is 25.1 Å². The molecule has 0 spiro atoms. The molecule has 2 aromatic rings. The molecule has 0 bridgehead atoms. The molecule has 2 N–H and O–H groups in total. The summed E-state index contributed by atoms with van der Waals surface area (Å²) in [6.07, 6.45) is 4.17. The molecule has 1 aromatic carbocycles. The van der Waals surface area contributed by atoms with Crippen LogP contribution in [-0.2, 0) is 16.0 Å². The third kappa shape index (κ3) is 3.75. The number of aromatic nitrogens is 2. The minimum absolute atomic E-state index is 0.0111. The van der Waals surface area contributed by atoms with Gasteiger partial charge in [-0.3, -0.25) is 4.79 Å². The first-order valence-electron chi connectivity index (χ1n) is 8.93. The zero-order chi connectivity index (χ0) is 18.7. The summed E-state index contributed by atoms with van der Waals surface area (Å²) < 4.78 is 18.4. The van der Waals surface area contributed by atoms with Crippen molar-refractivity contribution in [2.75, 3.05) is 6.61 Å². The predicted octanol–water partition coefficient (Wildman–Crippen LogP) is 3.13. The van der Waals surface area contributed by atoms with Gasteiger partial charge in [0.25, 0.3) is 0 Å². The van der Waals surface area contributed by atoms with Gasteiger partial charge in [-0.15, -0.1) is 0 Å². The van der Waals surface area contributed by atoms with E-state index in [4.69, 9.17) is 10.5 Å². The highest BCUT2D eigenvalue weighted by Crippen LogP contribution is 2.44. The summed E-state index contributed by atoms with van der Waals surface area (Å²) in [6.45, 7) is 4.25. The van der Waals surface area contributed by atoms with Gasteiger partial charge in [-0.05, 0) is 43.7 Å². The van der Waals surface area contributed by atoms with Gasteiger partial charge in [0.05, 0.1) is 24.4 Å². The van der Waals surface area contributed by atoms with Gasteiger partial charge in [0.15, 0.2) is 11.6 Å². The summed E-state index contributed by atoms with van der Waals surface area (Å²) in [6, 6.07) is 7.68. The molecule has 138 valence electrons. The van der Waals surface area contributed by atoms with Crippen LogP contribution in [0.15, 0.2) is 36.7 Å². The van der Waals surface area contributed by atoms with Crippen LogP contribution >= 0.6 is 0 Å². The predicted molar refractivity (Wildman–Crippen MR) is 96.6 cm³/mol. The van der Waals surface area contributed by atoms with Crippen LogP contribution in [0.1, 0.15) is 32.3 Å². The number of nitrogens with zero attached hydrogens (tertiary/aromatic N) is 2. The van der Waals surface area contributed by atoms with E-state index in [9.17, 15) is 9.18 Å². The molecule has 3 atom stereocenters. The van der Waals surface area contributed by atoms with E-state index in [1.165, 1.54) is 0 Å². The SMILES string of the molecule is CCOC(=O)C1(Cc2cccc(-c3ncc(F)cn3)c2)CC(C)C(N)C1. The average Bonchev–Trinajstić information content (AvgIpc) is 2.91. The largest absolute Gasteiger partial charge is 0.466 e. The smallest absolute Gasteiger partial charge is 0.312 e. The third-order valence-electron chi connectivity index (χ3n) is 5.13. The lowest BCUT2D eigenvalue weighted by molar-refractivity contribution is -0.155. The molecule has 1 heterocycles. The van der Waals surface area contributed by atoms with Gasteiger partial charge in [-0.2, -0.15) is 0 Å². The van der Waals surface area contributed by atoms with Crippen molar-refractivity contribution >= 4 is 5.97 Å². The Bertz CT molecular complexity index is 769. The van der Waals surface area contributed by atoms with Crippen molar-refractivity contribution in [1.29, 1.82) is 0 Å². The second-order valence-electron chi connectivity index (χ2n) is 7.15. The fourth-order valence-electron chi connectivity index (χ4n) is 3.84. The highest BCUT2D eigenvalue weighted by molar-refractivity contribution is 5.78. The highest BCUT2D eigenvalue weighted by Gasteiger charge is 2.48. The van der Waals surface area contributed by atoms with Crippen molar-refractivity contribution in [2.45, 2.75) is 39.2 Å². The number of halogens is 1. The summed E-state index contributed by atoms with van der Waals surface area (Å²) in [5.41, 5.74) is 7.39. The number of hydrogen-bond acceptors (Lipinski definition) is 5. The third-order valence-corrected chi connectivity index (χ3v) is 5.13. The zero-order valence-corrected chi connectivity index (χ0v) is 15.1. The number of nitrogens with two attached hydrogens (primary N) is 1. The van der Waals surface area contributed by atoms with E-state index in [2.05, 4.69) is 16.9 Å². The topological polar surface area (TPSA) is 78.1 Å². The number of carbonyl (C=O) groups is 1. The molecule has 5 nitrogen and oxygen atoms in total. The van der Waals surface area contributed by atoms with Gasteiger partial charge in [0.1, 0.15) is 0 Å². The van der Waals surface area contributed by atoms with Gasteiger partial charge in [-0.25, -0.2) is 14.4 Å². The molecule has 6 heteroatoms. The molecule has 0 aliphatic heterocycles. The molecule has 0 saturated heterocycles. The Morgan fingerprint density at radius 1 is 1.35 bits per heavy atom. The Morgan fingerprint density at radius 3 is 2.69 bits per heavy atom. The standard InChI is InChI=1S/C20H24FN3O2/c1-3-26-19(25)20(8-13(2)17(22)10-20)9-14-5-4-6-15(7-14)18-23-11-16(21)12-24-18/h4-7,11-13,17H,3,8-10,22H2,1-2H3. The lowest BCUT2D eigenvalue weighted by Gasteiger charge is -2.27. The molecule has 1 aromatic heterocycles. The number of rotatable bonds is 5. The number of carbonyl (C=O) groups excluding carboxylic acids is 1. The molecular formula is C20H24FN3O2. The maximum Gasteiger partial charge on any atom is 0.312 e. The molecule has 3 unspecified atom stereocenters. The Morgan fingerprint density at radius 2 is 2.08 bits per heavy atom. The molecule has 3 rings (SSSR count). The fraction of sp³-hybridized carbons (Fsp3) is 0.450.